The van der Waals surface area contributed by atoms with E-state index in [1.807, 2.05) is 59.5 Å². The summed E-state index contributed by atoms with van der Waals surface area (Å²) in [4.78, 5) is 29.2. The number of nitrogens with one attached hydrogen (secondary N) is 1. The van der Waals surface area contributed by atoms with Gasteiger partial charge in [0.05, 0.1) is 12.1 Å². The lowest BCUT2D eigenvalue weighted by molar-refractivity contribution is -0.124. The summed E-state index contributed by atoms with van der Waals surface area (Å²) in [5.74, 6) is -0.283. The molecule has 1 aliphatic heterocycles. The molecule has 1 fully saturated rings. The van der Waals surface area contributed by atoms with Gasteiger partial charge >= 0.3 is 0 Å². The van der Waals surface area contributed by atoms with Gasteiger partial charge in [0.15, 0.2) is 10.9 Å². The van der Waals surface area contributed by atoms with Crippen molar-refractivity contribution in [3.05, 3.63) is 77.5 Å². The normalized spacial score (nSPS) is 16.1. The molecular weight excluding hydrogens is 436 g/mol. The molecule has 31 heavy (non-hydrogen) atoms. The van der Waals surface area contributed by atoms with Crippen molar-refractivity contribution in [2.75, 3.05) is 16.8 Å². The lowest BCUT2D eigenvalue weighted by Crippen LogP contribution is -2.39. The lowest BCUT2D eigenvalue weighted by atomic mass is 10.1. The third-order valence-corrected chi connectivity index (χ3v) is 5.64. The van der Waals surface area contributed by atoms with Crippen molar-refractivity contribution in [1.29, 1.82) is 0 Å². The maximum absolute atomic E-state index is 13.3. The van der Waals surface area contributed by atoms with Crippen LogP contribution in [0, 0.1) is 0 Å². The quantitative estimate of drug-likeness (QED) is 0.545. The van der Waals surface area contributed by atoms with Crippen LogP contribution in [0.1, 0.15) is 12.0 Å². The standard InChI is InChI=1S/C22H19ClN4O3S/c23-16-8-6-15(7-9-16)10-12-26-18(14-20(28)24-19-11-13-30-25-19)21(29)27(22(26)31)17-4-2-1-3-5-17/h1-9,11,13,18H,10,12,14H2,(H,24,25,28). The molecule has 9 heteroatoms. The molecule has 2 aromatic carbocycles. The highest BCUT2D eigenvalue weighted by Gasteiger charge is 2.43. The number of halogens is 1. The van der Waals surface area contributed by atoms with Gasteiger partial charge < -0.3 is 14.7 Å². The molecule has 3 aromatic rings. The minimum absolute atomic E-state index is 0.0597. The molecule has 1 aromatic heterocycles. The van der Waals surface area contributed by atoms with Gasteiger partial charge in [0.25, 0.3) is 5.91 Å². The second kappa shape index (κ2) is 9.28. The Morgan fingerprint density at radius 2 is 1.87 bits per heavy atom. The first kappa shape index (κ1) is 21.0. The molecule has 0 saturated carbocycles. The summed E-state index contributed by atoms with van der Waals surface area (Å²) in [6.45, 7) is 0.484. The zero-order chi connectivity index (χ0) is 21.8. The van der Waals surface area contributed by atoms with Crippen LogP contribution in [0.25, 0.3) is 0 Å². The van der Waals surface area contributed by atoms with Gasteiger partial charge in [-0.05, 0) is 48.5 Å². The fraction of sp³-hybridized carbons (Fsp3) is 0.182. The minimum Gasteiger partial charge on any atom is -0.363 e. The average Bonchev–Trinajstić information content (AvgIpc) is 3.35. The number of para-hydroxylation sites is 1. The van der Waals surface area contributed by atoms with Crippen LogP contribution in [-0.4, -0.2) is 39.6 Å². The van der Waals surface area contributed by atoms with E-state index in [0.717, 1.165) is 5.56 Å². The number of nitrogens with zero attached hydrogens (tertiary/aromatic N) is 3. The molecule has 1 aliphatic rings. The number of rotatable bonds is 7. The van der Waals surface area contributed by atoms with E-state index in [2.05, 4.69) is 10.5 Å². The predicted octanol–water partition coefficient (Wildman–Crippen LogP) is 3.90. The highest BCUT2D eigenvalue weighted by molar-refractivity contribution is 7.80. The van der Waals surface area contributed by atoms with Crippen molar-refractivity contribution in [1.82, 2.24) is 10.1 Å². The van der Waals surface area contributed by atoms with Crippen LogP contribution in [0.5, 0.6) is 0 Å². The van der Waals surface area contributed by atoms with Crippen LogP contribution in [0.3, 0.4) is 0 Å². The fourth-order valence-corrected chi connectivity index (χ4v) is 3.99. The van der Waals surface area contributed by atoms with Crippen LogP contribution in [-0.2, 0) is 16.0 Å². The van der Waals surface area contributed by atoms with E-state index in [9.17, 15) is 9.59 Å². The Morgan fingerprint density at radius 1 is 1.13 bits per heavy atom. The summed E-state index contributed by atoms with van der Waals surface area (Å²) >= 11 is 11.6. The van der Waals surface area contributed by atoms with E-state index in [-0.39, 0.29) is 18.2 Å². The third-order valence-electron chi connectivity index (χ3n) is 4.97. The Kier molecular flexibility index (Phi) is 6.29. The molecular formula is C22H19ClN4O3S. The maximum Gasteiger partial charge on any atom is 0.256 e. The summed E-state index contributed by atoms with van der Waals surface area (Å²) < 4.78 is 4.74. The van der Waals surface area contributed by atoms with E-state index in [4.69, 9.17) is 28.3 Å². The van der Waals surface area contributed by atoms with E-state index in [1.165, 1.54) is 17.2 Å². The molecule has 1 N–H and O–H groups in total. The number of anilines is 2. The summed E-state index contributed by atoms with van der Waals surface area (Å²) in [6, 6.07) is 17.5. The molecule has 0 spiro atoms. The maximum atomic E-state index is 13.3. The van der Waals surface area contributed by atoms with Crippen molar-refractivity contribution in [3.63, 3.8) is 0 Å². The van der Waals surface area contributed by atoms with E-state index in [1.54, 1.807) is 0 Å². The summed E-state index contributed by atoms with van der Waals surface area (Å²) in [5, 5.41) is 7.36. The summed E-state index contributed by atoms with van der Waals surface area (Å²) in [6.07, 6.45) is 1.95. The first-order valence-electron chi connectivity index (χ1n) is 9.67. The SMILES string of the molecule is O=C(CC1C(=O)N(c2ccccc2)C(=S)N1CCc1ccc(Cl)cc1)Nc1ccon1. The van der Waals surface area contributed by atoms with Gasteiger partial charge in [0, 0.05) is 17.6 Å². The number of hydrogen-bond acceptors (Lipinski definition) is 5. The zero-order valence-electron chi connectivity index (χ0n) is 16.4. The Bertz CT molecular complexity index is 1070. The van der Waals surface area contributed by atoms with Gasteiger partial charge in [0.1, 0.15) is 12.3 Å². The van der Waals surface area contributed by atoms with Gasteiger partial charge in [-0.15, -0.1) is 0 Å². The van der Waals surface area contributed by atoms with Crippen LogP contribution >= 0.6 is 23.8 Å². The number of amides is 2. The Hall–Kier alpha value is -3.23. The van der Waals surface area contributed by atoms with E-state index < -0.39 is 6.04 Å². The molecule has 4 rings (SSSR count). The van der Waals surface area contributed by atoms with Gasteiger partial charge in [-0.25, -0.2) is 0 Å². The van der Waals surface area contributed by atoms with Gasteiger partial charge in [-0.1, -0.05) is 47.1 Å². The van der Waals surface area contributed by atoms with E-state index >= 15 is 0 Å². The van der Waals surface area contributed by atoms with Crippen molar-refractivity contribution in [3.8, 4) is 0 Å². The number of benzene rings is 2. The Balaban J connectivity index is 1.54. The second-order valence-corrected chi connectivity index (χ2v) is 7.82. The van der Waals surface area contributed by atoms with Crippen LogP contribution < -0.4 is 10.2 Å². The number of carbonyl (C=O) groups excluding carboxylic acids is 2. The van der Waals surface area contributed by atoms with Gasteiger partial charge in [-0.3, -0.25) is 14.5 Å². The molecule has 1 saturated heterocycles. The fourth-order valence-electron chi connectivity index (χ4n) is 3.45. The third kappa shape index (κ3) is 4.76. The molecule has 2 amide bonds. The molecule has 158 valence electrons. The molecule has 0 aliphatic carbocycles. The average molecular weight is 455 g/mol. The van der Waals surface area contributed by atoms with E-state index in [0.29, 0.717) is 34.6 Å². The monoisotopic (exact) mass is 454 g/mol. The first-order valence-corrected chi connectivity index (χ1v) is 10.5. The second-order valence-electron chi connectivity index (χ2n) is 7.01. The smallest absolute Gasteiger partial charge is 0.256 e. The minimum atomic E-state index is -0.716. The highest BCUT2D eigenvalue weighted by atomic mass is 35.5. The topological polar surface area (TPSA) is 78.7 Å². The van der Waals surface area contributed by atoms with Gasteiger partial charge in [-0.2, -0.15) is 0 Å². The largest absolute Gasteiger partial charge is 0.363 e. The predicted molar refractivity (Wildman–Crippen MR) is 122 cm³/mol. The summed E-state index contributed by atoms with van der Waals surface area (Å²) in [7, 11) is 0. The van der Waals surface area contributed by atoms with Crippen molar-refractivity contribution < 1.29 is 14.1 Å². The Morgan fingerprint density at radius 3 is 2.55 bits per heavy atom. The number of carbonyl (C=O) groups is 2. The molecule has 0 radical (unpaired) electrons. The molecule has 1 unspecified atom stereocenters. The molecule has 7 nitrogen and oxygen atoms in total. The first-order chi connectivity index (χ1) is 15.0. The number of hydrogen-bond donors (Lipinski definition) is 1. The zero-order valence-corrected chi connectivity index (χ0v) is 18.0. The van der Waals surface area contributed by atoms with Crippen LogP contribution in [0.15, 0.2) is 71.4 Å². The van der Waals surface area contributed by atoms with Crippen molar-refractivity contribution in [2.24, 2.45) is 0 Å². The van der Waals surface area contributed by atoms with Crippen molar-refractivity contribution in [2.45, 2.75) is 18.9 Å². The lowest BCUT2D eigenvalue weighted by Gasteiger charge is -2.23. The van der Waals surface area contributed by atoms with Crippen LogP contribution in [0.2, 0.25) is 5.02 Å². The van der Waals surface area contributed by atoms with Gasteiger partial charge in [0.2, 0.25) is 5.91 Å². The molecule has 0 bridgehead atoms. The van der Waals surface area contributed by atoms with Crippen molar-refractivity contribution >= 4 is 52.3 Å². The molecule has 1 atom stereocenters. The molecule has 2 heterocycles. The highest BCUT2D eigenvalue weighted by Crippen LogP contribution is 2.27. The number of thiocarbonyl (C=S) groups is 1. The Labute approximate surface area is 189 Å². The summed E-state index contributed by atoms with van der Waals surface area (Å²) in [5.41, 5.74) is 1.73. The van der Waals surface area contributed by atoms with Crippen LogP contribution in [0.4, 0.5) is 11.5 Å². The number of aromatic nitrogens is 1.